The summed E-state index contributed by atoms with van der Waals surface area (Å²) >= 11 is 0. The number of nitrogens with two attached hydrogens (primary N) is 1. The topological polar surface area (TPSA) is 35.2 Å². The maximum Gasteiger partial charge on any atom is 0.192 e. The van der Waals surface area contributed by atoms with Crippen LogP contribution in [0.15, 0.2) is 0 Å². The van der Waals surface area contributed by atoms with Gasteiger partial charge in [-0.25, -0.2) is 0 Å². The second-order valence-corrected chi connectivity index (χ2v) is 10.3. The van der Waals surface area contributed by atoms with Gasteiger partial charge in [-0.05, 0) is 25.1 Å². The molecule has 0 bridgehead atoms. The minimum atomic E-state index is -1.58. The number of hydrogen-bond donors (Lipinski definition) is 1. The first-order valence-corrected chi connectivity index (χ1v) is 8.45. The Morgan fingerprint density at radius 3 is 2.27 bits per heavy atom. The van der Waals surface area contributed by atoms with Gasteiger partial charge in [0, 0.05) is 13.0 Å². The maximum absolute atomic E-state index is 5.97. The van der Waals surface area contributed by atoms with Crippen molar-refractivity contribution in [2.24, 2.45) is 5.73 Å². The molecule has 0 heterocycles. The molecule has 0 rings (SSSR count). The Balaban J connectivity index is 3.93. The lowest BCUT2D eigenvalue weighted by Crippen LogP contribution is -2.40. The summed E-state index contributed by atoms with van der Waals surface area (Å²) in [5.74, 6) is 5.96. The van der Waals surface area contributed by atoms with Gasteiger partial charge in [0.1, 0.15) is 0 Å². The molecule has 0 saturated heterocycles. The molecule has 2 N–H and O–H groups in total. The van der Waals surface area contributed by atoms with Crippen LogP contribution in [-0.2, 0) is 4.43 Å². The van der Waals surface area contributed by atoms with Crippen molar-refractivity contribution in [3.05, 3.63) is 0 Å². The number of rotatable bonds is 3. The molecule has 0 aromatic heterocycles. The van der Waals surface area contributed by atoms with Crippen LogP contribution in [-0.4, -0.2) is 21.0 Å². The molecule has 0 saturated carbocycles. The van der Waals surface area contributed by atoms with E-state index in [1.165, 1.54) is 0 Å². The fourth-order valence-corrected chi connectivity index (χ4v) is 1.85. The zero-order valence-corrected chi connectivity index (χ0v) is 12.0. The fraction of sp³-hybridized carbons (Fsp3) is 0.833. The molecule has 88 valence electrons. The fourth-order valence-electron chi connectivity index (χ4n) is 0.807. The van der Waals surface area contributed by atoms with Gasteiger partial charge in [0.05, 0.1) is 6.04 Å². The summed E-state index contributed by atoms with van der Waals surface area (Å²) < 4.78 is 5.97. The van der Waals surface area contributed by atoms with Crippen LogP contribution in [0.5, 0.6) is 0 Å². The van der Waals surface area contributed by atoms with Gasteiger partial charge >= 0.3 is 0 Å². The highest BCUT2D eigenvalue weighted by Crippen LogP contribution is 2.36. The standard InChI is InChI=1S/C12H25NOSi/c1-11(13)9-7-8-10-14-15(5,6)12(2,3)4/h11H,8,10,13H2,1-6H3. The molecule has 0 aliphatic rings. The minimum absolute atomic E-state index is 0.0297. The van der Waals surface area contributed by atoms with E-state index >= 15 is 0 Å². The summed E-state index contributed by atoms with van der Waals surface area (Å²) in [6, 6.07) is -0.0297. The molecule has 0 spiro atoms. The Bertz CT molecular complexity index is 243. The second kappa shape index (κ2) is 5.69. The van der Waals surface area contributed by atoms with Gasteiger partial charge in [0.2, 0.25) is 0 Å². The Morgan fingerprint density at radius 1 is 1.33 bits per heavy atom. The lowest BCUT2D eigenvalue weighted by Gasteiger charge is -2.35. The van der Waals surface area contributed by atoms with Crippen molar-refractivity contribution in [2.75, 3.05) is 6.61 Å². The zero-order chi connectivity index (χ0) is 12.1. The Morgan fingerprint density at radius 2 is 1.87 bits per heavy atom. The van der Waals surface area contributed by atoms with Crippen LogP contribution in [0.1, 0.15) is 34.1 Å². The van der Waals surface area contributed by atoms with Crippen molar-refractivity contribution in [3.63, 3.8) is 0 Å². The minimum Gasteiger partial charge on any atom is -0.416 e. The lowest BCUT2D eigenvalue weighted by atomic mass is 10.2. The van der Waals surface area contributed by atoms with Gasteiger partial charge in [0.25, 0.3) is 0 Å². The first-order chi connectivity index (χ1) is 6.67. The Kier molecular flexibility index (Phi) is 5.58. The molecule has 15 heavy (non-hydrogen) atoms. The third-order valence-electron chi connectivity index (χ3n) is 2.83. The molecule has 2 nitrogen and oxygen atoms in total. The molecule has 1 unspecified atom stereocenters. The van der Waals surface area contributed by atoms with Gasteiger partial charge in [0.15, 0.2) is 8.32 Å². The predicted molar refractivity (Wildman–Crippen MR) is 69.2 cm³/mol. The summed E-state index contributed by atoms with van der Waals surface area (Å²) in [5.41, 5.74) is 5.52. The summed E-state index contributed by atoms with van der Waals surface area (Å²) in [7, 11) is -1.58. The van der Waals surface area contributed by atoms with Gasteiger partial charge in [-0.2, -0.15) is 0 Å². The van der Waals surface area contributed by atoms with Crippen molar-refractivity contribution in [3.8, 4) is 11.8 Å². The molecule has 0 aliphatic carbocycles. The van der Waals surface area contributed by atoms with E-state index in [0.717, 1.165) is 13.0 Å². The molecule has 1 atom stereocenters. The van der Waals surface area contributed by atoms with Gasteiger partial charge in [-0.3, -0.25) is 0 Å². The molecule has 0 aromatic rings. The summed E-state index contributed by atoms with van der Waals surface area (Å²) in [5, 5.41) is 0.279. The average molecular weight is 227 g/mol. The monoisotopic (exact) mass is 227 g/mol. The molecule has 0 aliphatic heterocycles. The van der Waals surface area contributed by atoms with Gasteiger partial charge in [-0.15, -0.1) is 0 Å². The van der Waals surface area contributed by atoms with E-state index in [4.69, 9.17) is 10.2 Å². The van der Waals surface area contributed by atoms with Crippen LogP contribution in [0.4, 0.5) is 0 Å². The molecule has 3 heteroatoms. The van der Waals surface area contributed by atoms with Crippen LogP contribution in [0.25, 0.3) is 0 Å². The smallest absolute Gasteiger partial charge is 0.192 e. The summed E-state index contributed by atoms with van der Waals surface area (Å²) in [6.07, 6.45) is 0.786. The summed E-state index contributed by atoms with van der Waals surface area (Å²) in [4.78, 5) is 0. The van der Waals surface area contributed by atoms with Crippen LogP contribution in [0, 0.1) is 11.8 Å². The van der Waals surface area contributed by atoms with Crippen molar-refractivity contribution in [1.82, 2.24) is 0 Å². The predicted octanol–water partition coefficient (Wildman–Crippen LogP) is 2.75. The zero-order valence-electron chi connectivity index (χ0n) is 11.0. The van der Waals surface area contributed by atoms with Crippen molar-refractivity contribution in [2.45, 2.75) is 58.3 Å². The van der Waals surface area contributed by atoms with E-state index in [9.17, 15) is 0 Å². The van der Waals surface area contributed by atoms with Crippen LogP contribution in [0.3, 0.4) is 0 Å². The van der Waals surface area contributed by atoms with Crippen molar-refractivity contribution < 1.29 is 4.43 Å². The van der Waals surface area contributed by atoms with E-state index in [-0.39, 0.29) is 11.1 Å². The van der Waals surface area contributed by atoms with Crippen molar-refractivity contribution in [1.29, 1.82) is 0 Å². The Hall–Kier alpha value is -0.303. The maximum atomic E-state index is 5.97. The second-order valence-electron chi connectivity index (χ2n) is 5.47. The summed E-state index contributed by atoms with van der Waals surface area (Å²) in [6.45, 7) is 13.9. The first kappa shape index (κ1) is 14.7. The molecular formula is C12H25NOSi. The molecule has 0 amide bonds. The third kappa shape index (κ3) is 5.98. The van der Waals surface area contributed by atoms with E-state index in [1.807, 2.05) is 6.92 Å². The molecule has 0 aromatic carbocycles. The van der Waals surface area contributed by atoms with Crippen LogP contribution in [0.2, 0.25) is 18.1 Å². The quantitative estimate of drug-likeness (QED) is 0.457. The molecule has 0 fully saturated rings. The van der Waals surface area contributed by atoms with Crippen LogP contribution >= 0.6 is 0 Å². The van der Waals surface area contributed by atoms with Gasteiger partial charge in [-0.1, -0.05) is 32.6 Å². The van der Waals surface area contributed by atoms with Crippen LogP contribution < -0.4 is 5.73 Å². The lowest BCUT2D eigenvalue weighted by molar-refractivity contribution is 0.296. The Labute approximate surface area is 95.7 Å². The molecular weight excluding hydrogens is 202 g/mol. The largest absolute Gasteiger partial charge is 0.416 e. The average Bonchev–Trinajstić information content (AvgIpc) is 2.00. The highest BCUT2D eigenvalue weighted by Gasteiger charge is 2.36. The molecule has 0 radical (unpaired) electrons. The highest BCUT2D eigenvalue weighted by molar-refractivity contribution is 6.74. The third-order valence-corrected chi connectivity index (χ3v) is 7.36. The van der Waals surface area contributed by atoms with Crippen molar-refractivity contribution >= 4 is 8.32 Å². The highest BCUT2D eigenvalue weighted by atomic mass is 28.4. The van der Waals surface area contributed by atoms with E-state index in [2.05, 4.69) is 45.7 Å². The number of hydrogen-bond acceptors (Lipinski definition) is 2. The van der Waals surface area contributed by atoms with E-state index in [0.29, 0.717) is 0 Å². The normalized spacial score (nSPS) is 14.3. The van der Waals surface area contributed by atoms with E-state index < -0.39 is 8.32 Å². The first-order valence-electron chi connectivity index (χ1n) is 5.55. The van der Waals surface area contributed by atoms with E-state index in [1.54, 1.807) is 0 Å². The van der Waals surface area contributed by atoms with Gasteiger partial charge < -0.3 is 10.2 Å². The SMILES string of the molecule is CC(N)C#CCCO[Si](C)(C)C(C)(C)C.